The summed E-state index contributed by atoms with van der Waals surface area (Å²) in [6.07, 6.45) is 1.37. The Balaban J connectivity index is 2.42. The minimum absolute atomic E-state index is 0.0699. The molecule has 0 atom stereocenters. The Morgan fingerprint density at radius 3 is 3.05 bits per heavy atom. The number of aliphatic hydroxyl groups is 1. The van der Waals surface area contributed by atoms with E-state index >= 15 is 0 Å². The monoisotopic (exact) mass is 275 g/mol. The zero-order chi connectivity index (χ0) is 14.6. The summed E-state index contributed by atoms with van der Waals surface area (Å²) in [6, 6.07) is 7.67. The summed E-state index contributed by atoms with van der Waals surface area (Å²) >= 11 is 0. The molecule has 0 bridgehead atoms. The largest absolute Gasteiger partial charge is 0.395 e. The number of amides is 1. The Bertz CT molecular complexity index is 474. The van der Waals surface area contributed by atoms with Crippen LogP contribution in [-0.2, 0) is 16.1 Å². The van der Waals surface area contributed by atoms with Gasteiger partial charge in [0, 0.05) is 25.1 Å². The third kappa shape index (κ3) is 6.93. The number of benzene rings is 1. The molecule has 0 saturated carbocycles. The molecule has 0 saturated heterocycles. The molecule has 108 valence electrons. The van der Waals surface area contributed by atoms with E-state index in [9.17, 15) is 4.79 Å². The summed E-state index contributed by atoms with van der Waals surface area (Å²) in [5.74, 6) is 5.72. The molecule has 4 heteroatoms. The molecule has 0 heterocycles. The van der Waals surface area contributed by atoms with Gasteiger partial charge in [-0.15, -0.1) is 0 Å². The van der Waals surface area contributed by atoms with E-state index in [-0.39, 0.29) is 19.1 Å². The van der Waals surface area contributed by atoms with Crippen LogP contribution < -0.4 is 5.32 Å². The predicted molar refractivity (Wildman–Crippen MR) is 78.0 cm³/mol. The normalized spacial score (nSPS) is 9.70. The number of aliphatic hydroxyl groups excluding tert-OH is 1. The first-order valence-corrected chi connectivity index (χ1v) is 6.79. The van der Waals surface area contributed by atoms with Gasteiger partial charge in [0.05, 0.1) is 6.61 Å². The van der Waals surface area contributed by atoms with E-state index in [0.717, 1.165) is 17.5 Å². The summed E-state index contributed by atoms with van der Waals surface area (Å²) in [5.41, 5.74) is 1.87. The molecule has 0 aromatic heterocycles. The SMILES string of the molecule is CCCOCC(=O)NCc1cccc(C#CCCO)c1. The second-order valence-corrected chi connectivity index (χ2v) is 4.31. The zero-order valence-electron chi connectivity index (χ0n) is 11.8. The molecule has 20 heavy (non-hydrogen) atoms. The number of ether oxygens (including phenoxy) is 1. The molecule has 0 unspecified atom stereocenters. The van der Waals surface area contributed by atoms with E-state index in [2.05, 4.69) is 17.2 Å². The molecule has 0 radical (unpaired) electrons. The van der Waals surface area contributed by atoms with Crippen LogP contribution in [-0.4, -0.2) is 30.8 Å². The highest BCUT2D eigenvalue weighted by molar-refractivity contribution is 5.77. The van der Waals surface area contributed by atoms with E-state index < -0.39 is 0 Å². The molecular weight excluding hydrogens is 254 g/mol. The van der Waals surface area contributed by atoms with Gasteiger partial charge in [0.1, 0.15) is 6.61 Å². The molecule has 1 amide bonds. The maximum atomic E-state index is 11.5. The molecule has 1 aromatic rings. The van der Waals surface area contributed by atoms with Crippen molar-refractivity contribution in [3.63, 3.8) is 0 Å². The second-order valence-electron chi connectivity index (χ2n) is 4.31. The number of rotatable bonds is 7. The van der Waals surface area contributed by atoms with Gasteiger partial charge in [0.2, 0.25) is 5.91 Å². The van der Waals surface area contributed by atoms with Crippen molar-refractivity contribution in [2.75, 3.05) is 19.8 Å². The Morgan fingerprint density at radius 2 is 2.30 bits per heavy atom. The molecule has 0 aliphatic carbocycles. The smallest absolute Gasteiger partial charge is 0.246 e. The van der Waals surface area contributed by atoms with Crippen molar-refractivity contribution in [2.24, 2.45) is 0 Å². The van der Waals surface area contributed by atoms with Crippen LogP contribution in [0.4, 0.5) is 0 Å². The van der Waals surface area contributed by atoms with Gasteiger partial charge in [-0.05, 0) is 24.1 Å². The van der Waals surface area contributed by atoms with Crippen LogP contribution in [0.15, 0.2) is 24.3 Å². The first kappa shape index (κ1) is 16.2. The van der Waals surface area contributed by atoms with Crippen molar-refractivity contribution in [2.45, 2.75) is 26.3 Å². The maximum Gasteiger partial charge on any atom is 0.246 e. The lowest BCUT2D eigenvalue weighted by molar-refractivity contribution is -0.125. The fourth-order valence-electron chi connectivity index (χ4n) is 1.54. The van der Waals surface area contributed by atoms with Gasteiger partial charge in [-0.25, -0.2) is 0 Å². The van der Waals surface area contributed by atoms with Gasteiger partial charge < -0.3 is 15.2 Å². The Hall–Kier alpha value is -1.83. The van der Waals surface area contributed by atoms with E-state index in [4.69, 9.17) is 9.84 Å². The minimum Gasteiger partial charge on any atom is -0.395 e. The lowest BCUT2D eigenvalue weighted by atomic mass is 10.1. The predicted octanol–water partition coefficient (Wildman–Crippen LogP) is 1.46. The van der Waals surface area contributed by atoms with Gasteiger partial charge in [0.15, 0.2) is 0 Å². The lowest BCUT2D eigenvalue weighted by Gasteiger charge is -2.06. The molecule has 0 spiro atoms. The molecule has 1 aromatic carbocycles. The van der Waals surface area contributed by atoms with E-state index in [0.29, 0.717) is 19.6 Å². The van der Waals surface area contributed by atoms with Gasteiger partial charge in [-0.3, -0.25) is 4.79 Å². The molecule has 0 aliphatic rings. The van der Waals surface area contributed by atoms with E-state index in [1.807, 2.05) is 31.2 Å². The highest BCUT2D eigenvalue weighted by atomic mass is 16.5. The molecular formula is C16H21NO3. The Labute approximate surface area is 120 Å². The number of carbonyl (C=O) groups excluding carboxylic acids is 1. The number of nitrogens with one attached hydrogen (secondary N) is 1. The van der Waals surface area contributed by atoms with Crippen molar-refractivity contribution in [3.8, 4) is 11.8 Å². The third-order valence-electron chi connectivity index (χ3n) is 2.47. The van der Waals surface area contributed by atoms with Crippen LogP contribution in [0.25, 0.3) is 0 Å². The lowest BCUT2D eigenvalue weighted by Crippen LogP contribution is -2.27. The van der Waals surface area contributed by atoms with Crippen molar-refractivity contribution in [1.82, 2.24) is 5.32 Å². The average molecular weight is 275 g/mol. The standard InChI is InChI=1S/C16H21NO3/c1-2-10-20-13-16(19)17-12-15-8-5-7-14(11-15)6-3-4-9-18/h5,7-8,11,18H,2,4,9-10,12-13H2,1H3,(H,17,19). The first-order chi connectivity index (χ1) is 9.76. The van der Waals surface area contributed by atoms with Crippen LogP contribution in [0.1, 0.15) is 30.9 Å². The summed E-state index contributed by atoms with van der Waals surface area (Å²) in [5, 5.41) is 11.5. The highest BCUT2D eigenvalue weighted by Gasteiger charge is 2.01. The molecule has 0 fully saturated rings. The van der Waals surface area contributed by atoms with Crippen molar-refractivity contribution < 1.29 is 14.6 Å². The van der Waals surface area contributed by atoms with Gasteiger partial charge in [-0.2, -0.15) is 0 Å². The number of carbonyl (C=O) groups is 1. The van der Waals surface area contributed by atoms with Crippen molar-refractivity contribution >= 4 is 5.91 Å². The molecule has 0 aliphatic heterocycles. The zero-order valence-corrected chi connectivity index (χ0v) is 11.8. The van der Waals surface area contributed by atoms with Crippen molar-refractivity contribution in [1.29, 1.82) is 0 Å². The first-order valence-electron chi connectivity index (χ1n) is 6.79. The molecule has 1 rings (SSSR count). The third-order valence-corrected chi connectivity index (χ3v) is 2.47. The average Bonchev–Trinajstić information content (AvgIpc) is 2.46. The molecule has 4 nitrogen and oxygen atoms in total. The van der Waals surface area contributed by atoms with E-state index in [1.165, 1.54) is 0 Å². The van der Waals surface area contributed by atoms with Crippen LogP contribution in [0.2, 0.25) is 0 Å². The maximum absolute atomic E-state index is 11.5. The Morgan fingerprint density at radius 1 is 1.45 bits per heavy atom. The van der Waals surface area contributed by atoms with Gasteiger partial charge in [-0.1, -0.05) is 30.9 Å². The summed E-state index contributed by atoms with van der Waals surface area (Å²) in [4.78, 5) is 11.5. The van der Waals surface area contributed by atoms with Gasteiger partial charge >= 0.3 is 0 Å². The van der Waals surface area contributed by atoms with Crippen LogP contribution in [0.5, 0.6) is 0 Å². The van der Waals surface area contributed by atoms with E-state index in [1.54, 1.807) is 0 Å². The Kier molecular flexibility index (Phi) is 8.13. The topological polar surface area (TPSA) is 58.6 Å². The quantitative estimate of drug-likeness (QED) is 0.585. The highest BCUT2D eigenvalue weighted by Crippen LogP contribution is 2.04. The van der Waals surface area contributed by atoms with Crippen molar-refractivity contribution in [3.05, 3.63) is 35.4 Å². The fraction of sp³-hybridized carbons (Fsp3) is 0.438. The van der Waals surface area contributed by atoms with Gasteiger partial charge in [0.25, 0.3) is 0 Å². The second kappa shape index (κ2) is 10.0. The molecule has 2 N–H and O–H groups in total. The summed E-state index contributed by atoms with van der Waals surface area (Å²) in [6.45, 7) is 3.23. The van der Waals surface area contributed by atoms with Crippen LogP contribution in [0, 0.1) is 11.8 Å². The summed E-state index contributed by atoms with van der Waals surface area (Å²) < 4.78 is 5.16. The number of hydrogen-bond acceptors (Lipinski definition) is 3. The fourth-order valence-corrected chi connectivity index (χ4v) is 1.54. The van der Waals surface area contributed by atoms with Crippen LogP contribution in [0.3, 0.4) is 0 Å². The number of hydrogen-bond donors (Lipinski definition) is 2. The minimum atomic E-state index is -0.116. The van der Waals surface area contributed by atoms with Crippen LogP contribution >= 0.6 is 0 Å². The summed E-state index contributed by atoms with van der Waals surface area (Å²) in [7, 11) is 0.